The second-order valence-electron chi connectivity index (χ2n) is 17.1. The van der Waals surface area contributed by atoms with Crippen LogP contribution in [0, 0.1) is 11.8 Å². The highest BCUT2D eigenvalue weighted by molar-refractivity contribution is 6.32. The zero-order valence-electron chi connectivity index (χ0n) is 30.0. The summed E-state index contributed by atoms with van der Waals surface area (Å²) in [4.78, 5) is 43.4. The van der Waals surface area contributed by atoms with Crippen LogP contribution in [0.4, 0.5) is 15.3 Å². The molecule has 0 radical (unpaired) electrons. The van der Waals surface area contributed by atoms with Crippen LogP contribution in [-0.2, 0) is 15.9 Å². The molecule has 2 aliphatic carbocycles. The molecule has 264 valence electrons. The Hall–Kier alpha value is -4.37. The summed E-state index contributed by atoms with van der Waals surface area (Å²) in [5, 5.41) is 2.67. The molecule has 51 heavy (non-hydrogen) atoms. The van der Waals surface area contributed by atoms with Gasteiger partial charge in [-0.3, -0.25) is 14.8 Å². The Morgan fingerprint density at radius 2 is 1.29 bits per heavy atom. The van der Waals surface area contributed by atoms with Gasteiger partial charge in [-0.2, -0.15) is 0 Å². The Morgan fingerprint density at radius 3 is 1.94 bits per heavy atom. The molecule has 0 bridgehead atoms. The molecule has 1 aromatic heterocycles. The number of hydrogen-bond acceptors (Lipinski definition) is 6. The van der Waals surface area contributed by atoms with Crippen LogP contribution in [0.3, 0.4) is 0 Å². The van der Waals surface area contributed by atoms with Crippen molar-refractivity contribution in [3.05, 3.63) is 71.1 Å². The number of fused-ring (bicyclic) bond motifs is 4. The fraction of sp³-hybridized carbons (Fsp3) is 0.463. The van der Waals surface area contributed by atoms with E-state index >= 15 is 0 Å². The Kier molecular flexibility index (Phi) is 7.22. The van der Waals surface area contributed by atoms with Gasteiger partial charge in [-0.15, -0.1) is 0 Å². The highest BCUT2D eigenvalue weighted by atomic mass is 35.5. The van der Waals surface area contributed by atoms with E-state index in [9.17, 15) is 9.59 Å². The molecule has 9 rings (SSSR count). The zero-order chi connectivity index (χ0) is 35.6. The Labute approximate surface area is 303 Å². The number of aromatic nitrogens is 2. The molecule has 2 saturated carbocycles. The molecule has 0 unspecified atom stereocenters. The van der Waals surface area contributed by atoms with E-state index in [4.69, 9.17) is 31.1 Å². The maximum absolute atomic E-state index is 13.2. The van der Waals surface area contributed by atoms with Crippen molar-refractivity contribution in [2.45, 2.75) is 109 Å². The maximum Gasteiger partial charge on any atom is 0.411 e. The van der Waals surface area contributed by atoms with Crippen LogP contribution in [-0.4, -0.2) is 67.0 Å². The molecule has 6 atom stereocenters. The Balaban J connectivity index is 0.921. The molecule has 0 spiro atoms. The van der Waals surface area contributed by atoms with E-state index in [0.717, 1.165) is 71.0 Å². The van der Waals surface area contributed by atoms with E-state index in [-0.39, 0.29) is 36.4 Å². The maximum atomic E-state index is 13.2. The monoisotopic (exact) mass is 705 g/mol. The number of aliphatic imine (C=N–C) groups is 1. The summed E-state index contributed by atoms with van der Waals surface area (Å²) < 4.78 is 11.5. The van der Waals surface area contributed by atoms with Crippen molar-refractivity contribution < 1.29 is 19.1 Å². The molecule has 4 aromatic rings. The molecule has 10 heteroatoms. The summed E-state index contributed by atoms with van der Waals surface area (Å²) >= 11 is 6.76. The average molecular weight is 706 g/mol. The van der Waals surface area contributed by atoms with Crippen LogP contribution in [0.2, 0.25) is 5.15 Å². The van der Waals surface area contributed by atoms with Gasteiger partial charge >= 0.3 is 12.2 Å². The number of halogens is 1. The van der Waals surface area contributed by atoms with Crippen molar-refractivity contribution in [3.63, 3.8) is 0 Å². The van der Waals surface area contributed by atoms with Crippen LogP contribution in [0.1, 0.15) is 84.7 Å². The smallest absolute Gasteiger partial charge is 0.411 e. The molecule has 1 N–H and O–H groups in total. The summed E-state index contributed by atoms with van der Waals surface area (Å²) in [7, 11) is 0. The van der Waals surface area contributed by atoms with Crippen molar-refractivity contribution >= 4 is 46.0 Å². The normalized spacial score (nSPS) is 26.1. The number of amides is 2. The van der Waals surface area contributed by atoms with Gasteiger partial charge in [-0.25, -0.2) is 14.6 Å². The number of ether oxygens (including phenoxy) is 2. The number of piperidine rings is 2. The molecule has 9 nitrogen and oxygen atoms in total. The van der Waals surface area contributed by atoms with E-state index in [0.29, 0.717) is 28.5 Å². The van der Waals surface area contributed by atoms with Crippen molar-refractivity contribution in [1.29, 1.82) is 0 Å². The van der Waals surface area contributed by atoms with Crippen LogP contribution in [0.15, 0.2) is 59.6 Å². The molecule has 4 heterocycles. The number of rotatable bonds is 4. The van der Waals surface area contributed by atoms with Gasteiger partial charge in [0.2, 0.25) is 0 Å². The van der Waals surface area contributed by atoms with Gasteiger partial charge in [-0.05, 0) is 131 Å². The largest absolute Gasteiger partial charge is 0.444 e. The number of aromatic amines is 1. The summed E-state index contributed by atoms with van der Waals surface area (Å²) in [6.07, 6.45) is 4.13. The second kappa shape index (κ2) is 11.3. The number of benzene rings is 3. The highest BCUT2D eigenvalue weighted by Gasteiger charge is 2.57. The van der Waals surface area contributed by atoms with Gasteiger partial charge in [0.15, 0.2) is 0 Å². The number of hydrogen-bond donors (Lipinski definition) is 1. The first kappa shape index (κ1) is 32.5. The topological polar surface area (TPSA) is 100 Å². The predicted molar refractivity (Wildman–Crippen MR) is 198 cm³/mol. The van der Waals surface area contributed by atoms with Gasteiger partial charge in [0.1, 0.15) is 27.9 Å². The van der Waals surface area contributed by atoms with Gasteiger partial charge < -0.3 is 14.5 Å². The number of imidazole rings is 1. The molecule has 4 fully saturated rings. The van der Waals surface area contributed by atoms with E-state index in [2.05, 4.69) is 59.6 Å². The van der Waals surface area contributed by atoms with Gasteiger partial charge in [0.25, 0.3) is 0 Å². The lowest BCUT2D eigenvalue weighted by atomic mass is 9.96. The number of carbonyl (C=O) groups excluding carboxylic acids is 2. The van der Waals surface area contributed by atoms with Crippen LogP contribution >= 0.6 is 11.6 Å². The van der Waals surface area contributed by atoms with Gasteiger partial charge in [0, 0.05) is 29.8 Å². The molecule has 3 aliphatic heterocycles. The minimum atomic E-state index is -0.563. The Morgan fingerprint density at radius 1 is 0.745 bits per heavy atom. The van der Waals surface area contributed by atoms with Gasteiger partial charge in [-0.1, -0.05) is 41.9 Å². The molecule has 5 aliphatic rings. The minimum Gasteiger partial charge on any atom is -0.444 e. The lowest BCUT2D eigenvalue weighted by Crippen LogP contribution is -2.45. The number of carbonyl (C=O) groups is 2. The second-order valence-corrected chi connectivity index (χ2v) is 17.5. The SMILES string of the molecule is CC(C)(C)OC(=O)N1[C@@H]2C[C@@H]2C[C@H]1C1=Nc2ccc(-c3ccc4cc(-c5nc([C@@H]6C[C@H]7C[C@H]7N6C(=O)OC(C)(C)C)[nH]c5Cl)ccc4c3)cc2C1. The van der Waals surface area contributed by atoms with E-state index in [1.165, 1.54) is 5.56 Å². The fourth-order valence-electron chi connectivity index (χ4n) is 8.50. The standard InChI is InChI=1S/C41H44ClN5O4/c1-40(2,3)50-38(48)46-31-17-27(31)19-33(46)30-16-26-15-24(11-12-29(26)43-30)21-7-8-23-14-25(10-9-22(23)13-21)35-36(42)45-37(44-35)34-20-28-18-32(28)47(34)39(49)51-41(4,5)6/h7-15,27-28,31-34H,16-20H2,1-6H3,(H,44,45)/t27-,28-,31-,32-,33+,34+/m1/s1. The molecule has 3 aromatic carbocycles. The number of H-pyrrole nitrogens is 1. The first-order chi connectivity index (χ1) is 24.2. The average Bonchev–Trinajstić information content (AvgIpc) is 3.73. The van der Waals surface area contributed by atoms with Crippen molar-refractivity contribution in [2.75, 3.05) is 0 Å². The predicted octanol–water partition coefficient (Wildman–Crippen LogP) is 9.65. The third kappa shape index (κ3) is 5.97. The van der Waals surface area contributed by atoms with Crippen LogP contribution in [0.25, 0.3) is 33.2 Å². The van der Waals surface area contributed by atoms with Crippen molar-refractivity contribution in [2.24, 2.45) is 16.8 Å². The highest BCUT2D eigenvalue weighted by Crippen LogP contribution is 2.54. The summed E-state index contributed by atoms with van der Waals surface area (Å²) in [6, 6.07) is 19.6. The minimum absolute atomic E-state index is 0.00102. The first-order valence-electron chi connectivity index (χ1n) is 18.2. The fourth-order valence-corrected chi connectivity index (χ4v) is 8.75. The zero-order valence-corrected chi connectivity index (χ0v) is 30.8. The molecule has 2 amide bonds. The third-order valence-corrected chi connectivity index (χ3v) is 11.2. The lowest BCUT2D eigenvalue weighted by Gasteiger charge is -2.30. The van der Waals surface area contributed by atoms with Crippen LogP contribution in [0.5, 0.6) is 0 Å². The summed E-state index contributed by atoms with van der Waals surface area (Å²) in [5.74, 6) is 1.74. The quantitative estimate of drug-likeness (QED) is 0.228. The van der Waals surface area contributed by atoms with Crippen molar-refractivity contribution in [3.8, 4) is 22.4 Å². The number of nitrogens with one attached hydrogen (secondary N) is 1. The first-order valence-corrected chi connectivity index (χ1v) is 18.6. The van der Waals surface area contributed by atoms with Crippen LogP contribution < -0.4 is 0 Å². The molecule has 2 saturated heterocycles. The number of likely N-dealkylation sites (tertiary alicyclic amines) is 2. The molecular weight excluding hydrogens is 662 g/mol. The van der Waals surface area contributed by atoms with E-state index in [1.54, 1.807) is 0 Å². The molecular formula is C41H44ClN5O4. The number of nitrogens with zero attached hydrogens (tertiary/aromatic N) is 4. The lowest BCUT2D eigenvalue weighted by molar-refractivity contribution is 0.0173. The van der Waals surface area contributed by atoms with E-state index < -0.39 is 11.2 Å². The summed E-state index contributed by atoms with van der Waals surface area (Å²) in [5.41, 5.74) is 6.02. The van der Waals surface area contributed by atoms with E-state index in [1.807, 2.05) is 51.3 Å². The van der Waals surface area contributed by atoms with Crippen molar-refractivity contribution in [1.82, 2.24) is 19.8 Å². The third-order valence-electron chi connectivity index (χ3n) is 11.0. The van der Waals surface area contributed by atoms with Gasteiger partial charge in [0.05, 0.1) is 17.8 Å². The Bertz CT molecular complexity index is 2140. The summed E-state index contributed by atoms with van der Waals surface area (Å²) in [6.45, 7) is 11.4.